The van der Waals surface area contributed by atoms with Gasteiger partial charge in [-0.15, -0.1) is 0 Å². The fourth-order valence-corrected chi connectivity index (χ4v) is 4.67. The van der Waals surface area contributed by atoms with Crippen molar-refractivity contribution in [2.24, 2.45) is 5.11 Å². The molecule has 0 saturated carbocycles. The van der Waals surface area contributed by atoms with E-state index in [4.69, 9.17) is 5.53 Å². The predicted octanol–water partition coefficient (Wildman–Crippen LogP) is 3.82. The molecule has 8 heteroatoms. The number of hydrogen-bond acceptors (Lipinski definition) is 5. The highest BCUT2D eigenvalue weighted by molar-refractivity contribution is 7.90. The van der Waals surface area contributed by atoms with E-state index in [0.717, 1.165) is 30.3 Å². The highest BCUT2D eigenvalue weighted by Crippen LogP contribution is 2.27. The molecule has 0 amide bonds. The molecule has 2 aromatic carbocycles. The van der Waals surface area contributed by atoms with Crippen LogP contribution in [0.5, 0.6) is 0 Å². The minimum atomic E-state index is -3.75. The van der Waals surface area contributed by atoms with Gasteiger partial charge in [-0.1, -0.05) is 43.7 Å². The molecule has 0 spiro atoms. The summed E-state index contributed by atoms with van der Waals surface area (Å²) in [7, 11) is -3.75. The Kier molecular flexibility index (Phi) is 6.36. The van der Waals surface area contributed by atoms with Crippen LogP contribution in [0.4, 0.5) is 0 Å². The van der Waals surface area contributed by atoms with E-state index in [1.165, 1.54) is 3.97 Å². The van der Waals surface area contributed by atoms with Crippen LogP contribution in [0.25, 0.3) is 10.9 Å². The molecule has 0 aliphatic rings. The van der Waals surface area contributed by atoms with Crippen LogP contribution in [0, 0.1) is 5.53 Å². The van der Waals surface area contributed by atoms with E-state index >= 15 is 0 Å². The molecular formula is C20H24N5O2S+. The van der Waals surface area contributed by atoms with Crippen molar-refractivity contribution in [2.75, 3.05) is 6.54 Å². The fraction of sp³-hybridized carbons (Fsp3) is 0.300. The monoisotopic (exact) mass is 398 g/mol. The van der Waals surface area contributed by atoms with Crippen LogP contribution in [0.15, 0.2) is 64.6 Å². The van der Waals surface area contributed by atoms with Crippen molar-refractivity contribution in [2.45, 2.75) is 37.8 Å². The van der Waals surface area contributed by atoms with Crippen LogP contribution >= 0.6 is 0 Å². The van der Waals surface area contributed by atoms with E-state index in [9.17, 15) is 8.42 Å². The quantitative estimate of drug-likeness (QED) is 0.325. The normalized spacial score (nSPS) is 11.5. The van der Waals surface area contributed by atoms with Gasteiger partial charge in [-0.3, -0.25) is 0 Å². The lowest BCUT2D eigenvalue weighted by Gasteiger charge is -2.13. The van der Waals surface area contributed by atoms with Crippen molar-refractivity contribution in [3.8, 4) is 0 Å². The van der Waals surface area contributed by atoms with Crippen molar-refractivity contribution in [3.63, 3.8) is 0 Å². The van der Waals surface area contributed by atoms with Gasteiger partial charge in [-0.05, 0) is 42.8 Å². The van der Waals surface area contributed by atoms with Gasteiger partial charge in [-0.25, -0.2) is 12.4 Å². The third-order valence-corrected chi connectivity index (χ3v) is 6.30. The second-order valence-corrected chi connectivity index (χ2v) is 8.33. The number of fused-ring (bicyclic) bond motifs is 1. The maximum absolute atomic E-state index is 13.4. The predicted molar refractivity (Wildman–Crippen MR) is 109 cm³/mol. The molecule has 1 heterocycles. The topological polar surface area (TPSA) is 101 Å². The summed E-state index contributed by atoms with van der Waals surface area (Å²) < 4.78 is 28.2. The first-order valence-electron chi connectivity index (χ1n) is 9.25. The highest BCUT2D eigenvalue weighted by atomic mass is 32.2. The summed E-state index contributed by atoms with van der Waals surface area (Å²) in [5.41, 5.74) is 8.93. The van der Waals surface area contributed by atoms with Gasteiger partial charge in [-0.2, -0.15) is 0 Å². The van der Waals surface area contributed by atoms with Gasteiger partial charge in [0.05, 0.1) is 10.4 Å². The summed E-state index contributed by atoms with van der Waals surface area (Å²) in [5, 5.41) is 7.87. The first-order chi connectivity index (χ1) is 13.6. The molecule has 1 aromatic heterocycles. The van der Waals surface area contributed by atoms with Gasteiger partial charge < -0.3 is 5.32 Å². The number of benzene rings is 2. The van der Waals surface area contributed by atoms with Gasteiger partial charge in [0.25, 0.3) is 10.0 Å². The minimum absolute atomic E-state index is 0.236. The summed E-state index contributed by atoms with van der Waals surface area (Å²) >= 11 is 0. The largest absolute Gasteiger partial charge is 0.311 e. The lowest BCUT2D eigenvalue weighted by Crippen LogP contribution is -2.21. The van der Waals surface area contributed by atoms with E-state index in [0.29, 0.717) is 17.8 Å². The van der Waals surface area contributed by atoms with Crippen LogP contribution in [0.3, 0.4) is 0 Å². The Hall–Kier alpha value is -2.80. The average Bonchev–Trinajstić information content (AvgIpc) is 3.08. The molecule has 3 rings (SSSR count). The molecule has 7 nitrogen and oxygen atoms in total. The molecule has 3 aromatic rings. The van der Waals surface area contributed by atoms with Gasteiger partial charge in [0.15, 0.2) is 0 Å². The van der Waals surface area contributed by atoms with E-state index < -0.39 is 10.0 Å². The van der Waals surface area contributed by atoms with Crippen molar-refractivity contribution in [1.29, 1.82) is 5.53 Å². The van der Waals surface area contributed by atoms with Gasteiger partial charge in [0.1, 0.15) is 17.2 Å². The maximum atomic E-state index is 13.4. The molecule has 0 bridgehead atoms. The Morgan fingerprint density at radius 1 is 1.14 bits per heavy atom. The lowest BCUT2D eigenvalue weighted by atomic mass is 10.1. The van der Waals surface area contributed by atoms with Crippen LogP contribution in [0.2, 0.25) is 0 Å². The summed E-state index contributed by atoms with van der Waals surface area (Å²) in [4.78, 5) is 3.28. The molecule has 0 fully saturated rings. The van der Waals surface area contributed by atoms with Crippen molar-refractivity contribution < 1.29 is 8.42 Å². The van der Waals surface area contributed by atoms with Crippen LogP contribution in [-0.2, 0) is 23.1 Å². The molecular weight excluding hydrogens is 374 g/mol. The van der Waals surface area contributed by atoms with Crippen LogP contribution in [0.1, 0.15) is 31.0 Å². The number of rotatable bonds is 9. The molecule has 28 heavy (non-hydrogen) atoms. The van der Waals surface area contributed by atoms with E-state index in [-0.39, 0.29) is 11.4 Å². The number of aromatic nitrogens is 1. The number of nitrogens with zero attached hydrogens (tertiary/aromatic N) is 3. The third kappa shape index (κ3) is 4.20. The van der Waals surface area contributed by atoms with E-state index in [1.54, 1.807) is 36.4 Å². The Labute approximate surface area is 164 Å². The lowest BCUT2D eigenvalue weighted by molar-refractivity contribution is 0.581. The van der Waals surface area contributed by atoms with Crippen molar-refractivity contribution in [3.05, 3.63) is 65.9 Å². The minimum Gasteiger partial charge on any atom is -0.311 e. The van der Waals surface area contributed by atoms with Crippen LogP contribution in [-0.4, -0.2) is 18.9 Å². The van der Waals surface area contributed by atoms with Crippen LogP contribution < -0.4 is 10.2 Å². The maximum Gasteiger partial charge on any atom is 0.268 e. The molecule has 0 unspecified atom stereocenters. The zero-order valence-electron chi connectivity index (χ0n) is 15.8. The first-order valence-corrected chi connectivity index (χ1v) is 10.7. The Balaban J connectivity index is 2.13. The second-order valence-electron chi connectivity index (χ2n) is 6.54. The zero-order valence-corrected chi connectivity index (χ0v) is 16.6. The SMILES string of the molecule is CCCCNCc1cc2ccc(CN=[N+]=N)cc2n1S(=O)(=O)c1ccccc1. The van der Waals surface area contributed by atoms with Crippen molar-refractivity contribution >= 4 is 20.9 Å². The highest BCUT2D eigenvalue weighted by Gasteiger charge is 2.23. The van der Waals surface area contributed by atoms with Crippen molar-refractivity contribution in [1.82, 2.24) is 14.2 Å². The average molecular weight is 399 g/mol. The van der Waals surface area contributed by atoms with Gasteiger partial charge in [0.2, 0.25) is 4.91 Å². The summed E-state index contributed by atoms with van der Waals surface area (Å²) in [6.07, 6.45) is 2.11. The number of unbranched alkanes of at least 4 members (excludes halogenated alkanes) is 1. The summed E-state index contributed by atoms with van der Waals surface area (Å²) in [5.74, 6) is 0. The van der Waals surface area contributed by atoms with Gasteiger partial charge in [0, 0.05) is 17.6 Å². The Bertz CT molecular complexity index is 1100. The molecule has 0 atom stereocenters. The second kappa shape index (κ2) is 8.93. The third-order valence-electron chi connectivity index (χ3n) is 4.52. The first kappa shape index (κ1) is 19.9. The summed E-state index contributed by atoms with van der Waals surface area (Å²) in [6.45, 7) is 3.65. The van der Waals surface area contributed by atoms with Gasteiger partial charge >= 0.3 is 0 Å². The zero-order chi connectivity index (χ0) is 20.0. The molecule has 146 valence electrons. The number of nitrogens with one attached hydrogen (secondary N) is 2. The Morgan fingerprint density at radius 2 is 1.93 bits per heavy atom. The number of hydrogen-bond donors (Lipinski definition) is 2. The smallest absolute Gasteiger partial charge is 0.268 e. The molecule has 0 radical (unpaired) electrons. The molecule has 0 aliphatic heterocycles. The Morgan fingerprint density at radius 3 is 2.64 bits per heavy atom. The van der Waals surface area contributed by atoms with E-state index in [2.05, 4.69) is 22.3 Å². The molecule has 0 saturated heterocycles. The molecule has 2 N–H and O–H groups in total. The standard InChI is InChI=1S/C20H24N5O2S/c1-2-3-11-22-15-18-13-17-10-9-16(14-23-24-21)12-20(17)25(18)28(26,27)19-7-5-4-6-8-19/h4-10,12-13,21-22H,2-3,11,14-15H2,1H3/q+1. The molecule has 0 aliphatic carbocycles. The summed E-state index contributed by atoms with van der Waals surface area (Å²) in [6, 6.07) is 15.9. The van der Waals surface area contributed by atoms with E-state index in [1.807, 2.05) is 18.2 Å². The fourth-order valence-electron chi connectivity index (χ4n) is 3.12.